The van der Waals surface area contributed by atoms with Gasteiger partial charge in [-0.05, 0) is 39.3 Å². The number of likely N-dealkylation sites (tertiary alicyclic amines) is 1. The van der Waals surface area contributed by atoms with Crippen LogP contribution in [0, 0.1) is 0 Å². The highest BCUT2D eigenvalue weighted by molar-refractivity contribution is 5.90. The molecule has 0 saturated carbocycles. The molecule has 2 heterocycles. The summed E-state index contributed by atoms with van der Waals surface area (Å²) in [5.41, 5.74) is -0.126. The lowest BCUT2D eigenvalue weighted by Gasteiger charge is -2.35. The van der Waals surface area contributed by atoms with Gasteiger partial charge < -0.3 is 10.2 Å². The Morgan fingerprint density at radius 3 is 2.81 bits per heavy atom. The number of piperidine rings is 1. The Labute approximate surface area is 126 Å². The lowest BCUT2D eigenvalue weighted by atomic mass is 9.96. The van der Waals surface area contributed by atoms with Crippen molar-refractivity contribution in [3.63, 3.8) is 0 Å². The molecule has 1 aromatic rings. The first kappa shape index (κ1) is 15.9. The van der Waals surface area contributed by atoms with Crippen LogP contribution in [0.2, 0.25) is 0 Å². The van der Waals surface area contributed by atoms with Crippen molar-refractivity contribution in [3.05, 3.63) is 11.6 Å². The van der Waals surface area contributed by atoms with Crippen LogP contribution in [0.3, 0.4) is 0 Å². The number of H-pyrrole nitrogens is 1. The highest BCUT2D eigenvalue weighted by atomic mass is 16.2. The zero-order valence-electron chi connectivity index (χ0n) is 13.6. The molecule has 0 spiro atoms. The number of aromatic amines is 1. The Morgan fingerprint density at radius 1 is 1.43 bits per heavy atom. The smallest absolute Gasteiger partial charge is 0.293 e. The molecule has 1 unspecified atom stereocenters. The average molecular weight is 293 g/mol. The van der Waals surface area contributed by atoms with Crippen LogP contribution >= 0.6 is 0 Å². The molecular weight excluding hydrogens is 266 g/mol. The number of amides is 1. The molecule has 2 N–H and O–H groups in total. The molecular formula is C15H27N5O. The van der Waals surface area contributed by atoms with E-state index >= 15 is 0 Å². The third-order valence-corrected chi connectivity index (χ3v) is 4.00. The number of carbonyl (C=O) groups is 1. The van der Waals surface area contributed by atoms with Crippen LogP contribution in [0.25, 0.3) is 0 Å². The first-order chi connectivity index (χ1) is 9.93. The van der Waals surface area contributed by atoms with Crippen molar-refractivity contribution < 1.29 is 4.79 Å². The Hall–Kier alpha value is -1.43. The highest BCUT2D eigenvalue weighted by Gasteiger charge is 2.30. The van der Waals surface area contributed by atoms with Crippen molar-refractivity contribution in [1.29, 1.82) is 0 Å². The predicted molar refractivity (Wildman–Crippen MR) is 82.3 cm³/mol. The summed E-state index contributed by atoms with van der Waals surface area (Å²) in [5, 5.41) is 10.2. The third kappa shape index (κ3) is 3.81. The van der Waals surface area contributed by atoms with Crippen LogP contribution in [0.1, 0.15) is 62.9 Å². The fourth-order valence-electron chi connectivity index (χ4n) is 2.70. The number of nitrogens with zero attached hydrogens (tertiary/aromatic N) is 3. The molecule has 0 radical (unpaired) electrons. The van der Waals surface area contributed by atoms with E-state index in [0.717, 1.165) is 38.2 Å². The number of hydrogen-bond donors (Lipinski definition) is 2. The molecule has 0 bridgehead atoms. The summed E-state index contributed by atoms with van der Waals surface area (Å²) in [6.07, 6.45) is 4.32. The summed E-state index contributed by atoms with van der Waals surface area (Å²) < 4.78 is 0. The van der Waals surface area contributed by atoms with Crippen LogP contribution in [0.4, 0.5) is 0 Å². The molecule has 1 aromatic heterocycles. The van der Waals surface area contributed by atoms with Crippen molar-refractivity contribution in [3.8, 4) is 0 Å². The van der Waals surface area contributed by atoms with Gasteiger partial charge in [0.1, 0.15) is 5.82 Å². The van der Waals surface area contributed by atoms with Gasteiger partial charge in [0.15, 0.2) is 0 Å². The van der Waals surface area contributed by atoms with E-state index in [4.69, 9.17) is 0 Å². The molecule has 1 aliphatic rings. The molecule has 2 rings (SSSR count). The van der Waals surface area contributed by atoms with Gasteiger partial charge in [0.25, 0.3) is 5.91 Å². The third-order valence-electron chi connectivity index (χ3n) is 4.00. The van der Waals surface area contributed by atoms with E-state index in [1.165, 1.54) is 6.42 Å². The lowest BCUT2D eigenvalue weighted by Crippen LogP contribution is -2.45. The topological polar surface area (TPSA) is 73.9 Å². The van der Waals surface area contributed by atoms with Gasteiger partial charge in [-0.1, -0.05) is 20.8 Å². The van der Waals surface area contributed by atoms with Gasteiger partial charge in [-0.3, -0.25) is 9.89 Å². The summed E-state index contributed by atoms with van der Waals surface area (Å²) in [4.78, 5) is 19.0. The maximum absolute atomic E-state index is 12.7. The Morgan fingerprint density at radius 2 is 2.19 bits per heavy atom. The SMILES string of the molecule is CNCCC1CCCCN1C(=O)c1n[nH]c(C(C)(C)C)n1. The zero-order valence-corrected chi connectivity index (χ0v) is 13.6. The minimum Gasteiger partial charge on any atom is -0.333 e. The molecule has 6 nitrogen and oxygen atoms in total. The van der Waals surface area contributed by atoms with Crippen LogP contribution in [0.5, 0.6) is 0 Å². The molecule has 1 aliphatic heterocycles. The number of aromatic nitrogens is 3. The second-order valence-corrected chi connectivity index (χ2v) is 6.80. The minimum atomic E-state index is -0.126. The van der Waals surface area contributed by atoms with Gasteiger partial charge in [0.05, 0.1) is 0 Å². The summed E-state index contributed by atoms with van der Waals surface area (Å²) in [7, 11) is 1.94. The van der Waals surface area contributed by atoms with E-state index in [-0.39, 0.29) is 11.3 Å². The van der Waals surface area contributed by atoms with Crippen molar-refractivity contribution >= 4 is 5.91 Å². The Bertz CT molecular complexity index is 477. The molecule has 118 valence electrons. The first-order valence-electron chi connectivity index (χ1n) is 7.82. The van der Waals surface area contributed by atoms with Crippen LogP contribution in [0.15, 0.2) is 0 Å². The average Bonchev–Trinajstić information content (AvgIpc) is 2.94. The van der Waals surface area contributed by atoms with Crippen LogP contribution < -0.4 is 5.32 Å². The number of carbonyl (C=O) groups excluding carboxylic acids is 1. The number of rotatable bonds is 4. The highest BCUT2D eigenvalue weighted by Crippen LogP contribution is 2.22. The van der Waals surface area contributed by atoms with Crippen molar-refractivity contribution in [2.75, 3.05) is 20.1 Å². The summed E-state index contributed by atoms with van der Waals surface area (Å²) in [5.74, 6) is 1.02. The molecule has 1 saturated heterocycles. The van der Waals surface area contributed by atoms with Gasteiger partial charge >= 0.3 is 0 Å². The van der Waals surface area contributed by atoms with Crippen molar-refractivity contribution in [1.82, 2.24) is 25.4 Å². The largest absolute Gasteiger partial charge is 0.333 e. The maximum atomic E-state index is 12.7. The van der Waals surface area contributed by atoms with E-state index < -0.39 is 0 Å². The quantitative estimate of drug-likeness (QED) is 0.886. The second-order valence-electron chi connectivity index (χ2n) is 6.80. The number of nitrogens with one attached hydrogen (secondary N) is 2. The van der Waals surface area contributed by atoms with Gasteiger partial charge in [0.2, 0.25) is 5.82 Å². The van der Waals surface area contributed by atoms with E-state index in [9.17, 15) is 4.79 Å². The van der Waals surface area contributed by atoms with Crippen molar-refractivity contribution in [2.45, 2.75) is 57.9 Å². The van der Waals surface area contributed by atoms with Gasteiger partial charge in [0, 0.05) is 18.0 Å². The van der Waals surface area contributed by atoms with Crippen molar-refractivity contribution in [2.24, 2.45) is 0 Å². The molecule has 6 heteroatoms. The molecule has 1 atom stereocenters. The zero-order chi connectivity index (χ0) is 15.5. The summed E-state index contributed by atoms with van der Waals surface area (Å²) in [6.45, 7) is 7.90. The number of hydrogen-bond acceptors (Lipinski definition) is 4. The van der Waals surface area contributed by atoms with Gasteiger partial charge in [-0.2, -0.15) is 0 Å². The first-order valence-corrected chi connectivity index (χ1v) is 7.82. The minimum absolute atomic E-state index is 0.0393. The second kappa shape index (κ2) is 6.56. The van der Waals surface area contributed by atoms with Crippen LogP contribution in [-0.4, -0.2) is 52.2 Å². The predicted octanol–water partition coefficient (Wildman–Crippen LogP) is 1.71. The maximum Gasteiger partial charge on any atom is 0.293 e. The van der Waals surface area contributed by atoms with E-state index in [0.29, 0.717) is 11.9 Å². The normalized spacial score (nSPS) is 19.8. The summed E-state index contributed by atoms with van der Waals surface area (Å²) in [6, 6.07) is 0.301. The molecule has 1 amide bonds. The van der Waals surface area contributed by atoms with Crippen LogP contribution in [-0.2, 0) is 5.41 Å². The fraction of sp³-hybridized carbons (Fsp3) is 0.800. The summed E-state index contributed by atoms with van der Waals surface area (Å²) >= 11 is 0. The molecule has 1 fully saturated rings. The monoisotopic (exact) mass is 293 g/mol. The Kier molecular flexibility index (Phi) is 4.98. The van der Waals surface area contributed by atoms with Gasteiger partial charge in [-0.25, -0.2) is 4.98 Å². The fourth-order valence-corrected chi connectivity index (χ4v) is 2.70. The Balaban J connectivity index is 2.11. The standard InChI is InChI=1S/C15H27N5O/c1-15(2,3)14-17-12(18-19-14)13(21)20-10-6-5-7-11(20)8-9-16-4/h11,16H,5-10H2,1-4H3,(H,17,18,19). The van der Waals surface area contributed by atoms with Gasteiger partial charge in [-0.15, -0.1) is 5.10 Å². The van der Waals surface area contributed by atoms with E-state index in [2.05, 4.69) is 41.3 Å². The lowest BCUT2D eigenvalue weighted by molar-refractivity contribution is 0.0590. The molecule has 0 aromatic carbocycles. The van der Waals surface area contributed by atoms with E-state index in [1.807, 2.05) is 11.9 Å². The molecule has 0 aliphatic carbocycles. The molecule has 21 heavy (non-hydrogen) atoms. The van der Waals surface area contributed by atoms with E-state index in [1.54, 1.807) is 0 Å².